The Balaban J connectivity index is 1.68. The van der Waals surface area contributed by atoms with E-state index >= 15 is 0 Å². The van der Waals surface area contributed by atoms with Crippen LogP contribution >= 0.6 is 0 Å². The summed E-state index contributed by atoms with van der Waals surface area (Å²) in [4.78, 5) is 0. The van der Waals surface area contributed by atoms with Crippen LogP contribution in [0.2, 0.25) is 0 Å². The van der Waals surface area contributed by atoms with Crippen molar-refractivity contribution >= 4 is 0 Å². The van der Waals surface area contributed by atoms with Gasteiger partial charge in [-0.1, -0.05) is 36.4 Å². The molecular formula is C20H25NO3. The van der Waals surface area contributed by atoms with Crippen LogP contribution in [0.4, 0.5) is 0 Å². The molecule has 1 unspecified atom stereocenters. The van der Waals surface area contributed by atoms with E-state index in [1.54, 1.807) is 7.11 Å². The minimum absolute atomic E-state index is 0.105. The normalized spacial score (nSPS) is 19.2. The summed E-state index contributed by atoms with van der Waals surface area (Å²) in [7, 11) is 1.66. The highest BCUT2D eigenvalue weighted by molar-refractivity contribution is 5.39. The minimum atomic E-state index is -0.344. The van der Waals surface area contributed by atoms with Crippen LogP contribution in [0.25, 0.3) is 0 Å². The topological polar surface area (TPSA) is 50.7 Å². The summed E-state index contributed by atoms with van der Waals surface area (Å²) >= 11 is 0. The largest absolute Gasteiger partial charge is 0.491 e. The van der Waals surface area contributed by atoms with Crippen LogP contribution in [-0.4, -0.2) is 32.0 Å². The minimum Gasteiger partial charge on any atom is -0.491 e. The summed E-state index contributed by atoms with van der Waals surface area (Å²) < 4.78 is 10.7. The van der Waals surface area contributed by atoms with Crippen molar-refractivity contribution in [3.8, 4) is 5.75 Å². The van der Waals surface area contributed by atoms with Gasteiger partial charge in [0.15, 0.2) is 0 Å². The Morgan fingerprint density at radius 2 is 2.00 bits per heavy atom. The number of aliphatic hydroxyl groups is 1. The van der Waals surface area contributed by atoms with Gasteiger partial charge in [-0.2, -0.15) is 0 Å². The zero-order valence-electron chi connectivity index (χ0n) is 14.1. The fourth-order valence-corrected chi connectivity index (χ4v) is 3.35. The van der Waals surface area contributed by atoms with Crippen LogP contribution in [0.3, 0.4) is 0 Å². The van der Waals surface area contributed by atoms with E-state index in [2.05, 4.69) is 29.6 Å². The highest BCUT2D eigenvalue weighted by Crippen LogP contribution is 2.36. The summed E-state index contributed by atoms with van der Waals surface area (Å²) in [5, 5.41) is 13.6. The molecule has 4 nitrogen and oxygen atoms in total. The zero-order valence-corrected chi connectivity index (χ0v) is 14.1. The first-order chi connectivity index (χ1) is 11.8. The van der Waals surface area contributed by atoms with Crippen LogP contribution in [0.5, 0.6) is 5.75 Å². The molecule has 0 aliphatic heterocycles. The molecular weight excluding hydrogens is 302 g/mol. The number of aliphatic hydroxyl groups excluding tert-OH is 1. The van der Waals surface area contributed by atoms with Gasteiger partial charge in [0.2, 0.25) is 0 Å². The lowest BCUT2D eigenvalue weighted by Gasteiger charge is -2.30. The number of hydrogen-bond acceptors (Lipinski definition) is 4. The molecule has 2 N–H and O–H groups in total. The lowest BCUT2D eigenvalue weighted by atomic mass is 9.92. The molecule has 1 atom stereocenters. The van der Waals surface area contributed by atoms with Gasteiger partial charge in [0.05, 0.1) is 18.8 Å². The lowest BCUT2D eigenvalue weighted by molar-refractivity contribution is 0.146. The van der Waals surface area contributed by atoms with Crippen molar-refractivity contribution in [1.82, 2.24) is 5.32 Å². The average Bonchev–Trinajstić information content (AvgIpc) is 3.00. The first kappa shape index (κ1) is 17.0. The van der Waals surface area contributed by atoms with Crippen molar-refractivity contribution < 1.29 is 14.6 Å². The van der Waals surface area contributed by atoms with Crippen molar-refractivity contribution in [1.29, 1.82) is 0 Å². The predicted molar refractivity (Wildman–Crippen MR) is 94.2 cm³/mol. The molecule has 0 bridgehead atoms. The van der Waals surface area contributed by atoms with Gasteiger partial charge >= 0.3 is 0 Å². The Morgan fingerprint density at radius 3 is 2.83 bits per heavy atom. The Kier molecular flexibility index (Phi) is 5.51. The van der Waals surface area contributed by atoms with E-state index in [9.17, 15) is 5.11 Å². The van der Waals surface area contributed by atoms with Crippen LogP contribution in [0.15, 0.2) is 48.5 Å². The molecule has 0 saturated heterocycles. The molecule has 128 valence electrons. The summed E-state index contributed by atoms with van der Waals surface area (Å²) in [6, 6.07) is 16.4. The van der Waals surface area contributed by atoms with Crippen molar-refractivity contribution in [3.63, 3.8) is 0 Å². The van der Waals surface area contributed by atoms with Crippen molar-refractivity contribution in [2.45, 2.75) is 24.9 Å². The molecule has 0 aromatic heterocycles. The maximum Gasteiger partial charge on any atom is 0.119 e. The summed E-state index contributed by atoms with van der Waals surface area (Å²) in [5.74, 6) is 0.844. The molecule has 1 aliphatic carbocycles. The highest BCUT2D eigenvalue weighted by Gasteiger charge is 2.37. The third-order valence-electron chi connectivity index (χ3n) is 4.71. The third kappa shape index (κ3) is 3.61. The van der Waals surface area contributed by atoms with Gasteiger partial charge < -0.3 is 19.9 Å². The van der Waals surface area contributed by atoms with E-state index in [0.717, 1.165) is 24.2 Å². The zero-order chi connectivity index (χ0) is 16.8. The number of methoxy groups -OCH3 is 1. The number of fused-ring (bicyclic) bond motifs is 1. The van der Waals surface area contributed by atoms with Crippen LogP contribution in [-0.2, 0) is 23.2 Å². The molecule has 3 rings (SSSR count). The van der Waals surface area contributed by atoms with Crippen molar-refractivity contribution in [3.05, 3.63) is 65.2 Å². The first-order valence-electron chi connectivity index (χ1n) is 8.42. The molecule has 2 aromatic rings. The number of aryl methyl sites for hydroxylation is 1. The second-order valence-corrected chi connectivity index (χ2v) is 6.24. The van der Waals surface area contributed by atoms with Crippen LogP contribution in [0, 0.1) is 0 Å². The quantitative estimate of drug-likeness (QED) is 0.732. The van der Waals surface area contributed by atoms with Gasteiger partial charge in [0.1, 0.15) is 12.4 Å². The van der Waals surface area contributed by atoms with Gasteiger partial charge in [-0.05, 0) is 41.7 Å². The van der Waals surface area contributed by atoms with E-state index in [4.69, 9.17) is 9.47 Å². The van der Waals surface area contributed by atoms with E-state index in [1.165, 1.54) is 11.1 Å². The maximum atomic E-state index is 10.0. The maximum absolute atomic E-state index is 10.0. The van der Waals surface area contributed by atoms with E-state index in [1.807, 2.05) is 24.3 Å². The molecule has 0 radical (unpaired) electrons. The monoisotopic (exact) mass is 327 g/mol. The molecule has 4 heteroatoms. The number of benzene rings is 2. The fourth-order valence-electron chi connectivity index (χ4n) is 3.35. The molecule has 0 amide bonds. The van der Waals surface area contributed by atoms with E-state index in [-0.39, 0.29) is 12.1 Å². The number of ether oxygens (including phenoxy) is 2. The molecule has 0 heterocycles. The first-order valence-corrected chi connectivity index (χ1v) is 8.42. The SMILES string of the molecule is COCCOc1cccc(CNC2(CO)CCc3ccccc32)c1. The number of rotatable bonds is 8. The van der Waals surface area contributed by atoms with Gasteiger partial charge in [-0.3, -0.25) is 0 Å². The Morgan fingerprint density at radius 1 is 1.12 bits per heavy atom. The van der Waals surface area contributed by atoms with Gasteiger partial charge in [0.25, 0.3) is 0 Å². The number of nitrogens with one attached hydrogen (secondary N) is 1. The summed E-state index contributed by atoms with van der Waals surface area (Å²) in [6.07, 6.45) is 1.93. The molecule has 24 heavy (non-hydrogen) atoms. The summed E-state index contributed by atoms with van der Waals surface area (Å²) in [5.41, 5.74) is 3.35. The molecule has 0 fully saturated rings. The fraction of sp³-hybridized carbons (Fsp3) is 0.400. The second kappa shape index (κ2) is 7.79. The van der Waals surface area contributed by atoms with E-state index in [0.29, 0.717) is 19.8 Å². The van der Waals surface area contributed by atoms with Gasteiger partial charge in [-0.25, -0.2) is 0 Å². The van der Waals surface area contributed by atoms with Gasteiger partial charge in [-0.15, -0.1) is 0 Å². The molecule has 1 aliphatic rings. The smallest absolute Gasteiger partial charge is 0.119 e. The van der Waals surface area contributed by atoms with Crippen LogP contribution in [0.1, 0.15) is 23.1 Å². The van der Waals surface area contributed by atoms with Crippen molar-refractivity contribution in [2.75, 3.05) is 26.9 Å². The average molecular weight is 327 g/mol. The predicted octanol–water partition coefficient (Wildman–Crippen LogP) is 2.64. The Labute approximate surface area is 143 Å². The lowest BCUT2D eigenvalue weighted by Crippen LogP contribution is -2.43. The molecule has 0 spiro atoms. The highest BCUT2D eigenvalue weighted by atomic mass is 16.5. The third-order valence-corrected chi connectivity index (χ3v) is 4.71. The Hall–Kier alpha value is -1.88. The van der Waals surface area contributed by atoms with E-state index < -0.39 is 0 Å². The molecule has 2 aromatic carbocycles. The van der Waals surface area contributed by atoms with Crippen LogP contribution < -0.4 is 10.1 Å². The van der Waals surface area contributed by atoms with Gasteiger partial charge in [0, 0.05) is 13.7 Å². The second-order valence-electron chi connectivity index (χ2n) is 6.24. The Bertz CT molecular complexity index is 673. The van der Waals surface area contributed by atoms with Crippen molar-refractivity contribution in [2.24, 2.45) is 0 Å². The standard InChI is InChI=1S/C20H25NO3/c1-23-11-12-24-18-7-4-5-16(13-18)14-21-20(15-22)10-9-17-6-2-3-8-19(17)20/h2-8,13,21-22H,9-12,14-15H2,1H3. The number of hydrogen-bond donors (Lipinski definition) is 2. The summed E-state index contributed by atoms with van der Waals surface area (Å²) in [6.45, 7) is 1.92. The molecule has 0 saturated carbocycles.